The Balaban J connectivity index is 2.50. The Hall–Kier alpha value is -2.20. The molecule has 0 bridgehead atoms. The lowest BCUT2D eigenvalue weighted by molar-refractivity contribution is -0.124. The Morgan fingerprint density at radius 1 is 1.76 bits per heavy atom. The van der Waals surface area contributed by atoms with Crippen LogP contribution in [0.2, 0.25) is 0 Å². The maximum atomic E-state index is 13.5. The van der Waals surface area contributed by atoms with E-state index in [1.54, 1.807) is 0 Å². The van der Waals surface area contributed by atoms with Crippen molar-refractivity contribution in [2.45, 2.75) is 25.0 Å². The van der Waals surface area contributed by atoms with Gasteiger partial charge in [-0.25, -0.2) is 9.18 Å². The molecule has 114 valence electrons. The number of aromatic nitrogens is 2. The molecule has 10 nitrogen and oxygen atoms in total. The maximum Gasteiger partial charge on any atom is 0.351 e. The van der Waals surface area contributed by atoms with Crippen molar-refractivity contribution in [3.05, 3.63) is 32.9 Å². The molecule has 1 aliphatic rings. The van der Waals surface area contributed by atoms with Crippen LogP contribution >= 0.6 is 0 Å². The molecule has 1 aromatic rings. The fourth-order valence-corrected chi connectivity index (χ4v) is 2.22. The van der Waals surface area contributed by atoms with Crippen molar-refractivity contribution in [1.82, 2.24) is 9.55 Å². The lowest BCUT2D eigenvalue weighted by Crippen LogP contribution is -2.42. The quantitative estimate of drug-likeness (QED) is 0.387. The summed E-state index contributed by atoms with van der Waals surface area (Å²) in [6.07, 6.45) is -1.79. The number of ether oxygens (including phenoxy) is 1. The van der Waals surface area contributed by atoms with E-state index in [4.69, 9.17) is 16.0 Å². The van der Waals surface area contributed by atoms with E-state index in [9.17, 15) is 19.4 Å². The van der Waals surface area contributed by atoms with E-state index in [0.717, 1.165) is 10.8 Å². The minimum absolute atomic E-state index is 0.564. The van der Waals surface area contributed by atoms with Crippen LogP contribution in [0.3, 0.4) is 0 Å². The molecule has 4 unspecified atom stereocenters. The van der Waals surface area contributed by atoms with Gasteiger partial charge >= 0.3 is 5.69 Å². The van der Waals surface area contributed by atoms with Crippen molar-refractivity contribution < 1.29 is 19.3 Å². The first-order valence-corrected chi connectivity index (χ1v) is 5.93. The molecule has 1 fully saturated rings. The number of hydrogen-bond acceptors (Lipinski definition) is 7. The third kappa shape index (κ3) is 2.32. The molecule has 0 spiro atoms. The van der Waals surface area contributed by atoms with Gasteiger partial charge in [0.25, 0.3) is 0 Å². The molecular weight excluding hydrogens is 287 g/mol. The van der Waals surface area contributed by atoms with Crippen LogP contribution in [0, 0.1) is 11.7 Å². The molecule has 2 rings (SSSR count). The monoisotopic (exact) mass is 300 g/mol. The summed E-state index contributed by atoms with van der Waals surface area (Å²) in [7, 11) is 0. The van der Waals surface area contributed by atoms with Gasteiger partial charge in [-0.3, -0.25) is 4.57 Å². The Morgan fingerprint density at radius 2 is 2.43 bits per heavy atom. The van der Waals surface area contributed by atoms with Gasteiger partial charge in [0.2, 0.25) is 0 Å². The number of aliphatic hydroxyl groups is 2. The highest BCUT2D eigenvalue weighted by Crippen LogP contribution is 2.41. The molecule has 4 N–H and O–H groups in total. The number of nitrogens with zero attached hydrogens (tertiary/aromatic N) is 5. The van der Waals surface area contributed by atoms with E-state index in [-0.39, 0.29) is 0 Å². The van der Waals surface area contributed by atoms with Crippen molar-refractivity contribution >= 4 is 5.82 Å². The SMILES string of the molecule is CC1C(n2cc(F)c(N)nc2=O)OC(CO)(N=[N+]=[N-])C1O. The number of nitrogen functional groups attached to an aromatic ring is 1. The Morgan fingerprint density at radius 3 is 3.00 bits per heavy atom. The van der Waals surface area contributed by atoms with Crippen LogP contribution in [-0.4, -0.2) is 38.2 Å². The molecule has 0 radical (unpaired) electrons. The van der Waals surface area contributed by atoms with Gasteiger partial charge in [-0.2, -0.15) is 4.98 Å². The van der Waals surface area contributed by atoms with Crippen molar-refractivity contribution in [2.24, 2.45) is 11.0 Å². The van der Waals surface area contributed by atoms with E-state index >= 15 is 0 Å². The van der Waals surface area contributed by atoms with Crippen LogP contribution in [-0.2, 0) is 4.74 Å². The number of anilines is 1. The van der Waals surface area contributed by atoms with E-state index in [1.165, 1.54) is 6.92 Å². The van der Waals surface area contributed by atoms with E-state index in [0.29, 0.717) is 0 Å². The zero-order valence-electron chi connectivity index (χ0n) is 10.9. The third-order valence-corrected chi connectivity index (χ3v) is 3.38. The smallest absolute Gasteiger partial charge is 0.351 e. The predicted octanol–water partition coefficient (Wildman–Crippen LogP) is -0.511. The second-order valence-corrected chi connectivity index (χ2v) is 4.67. The van der Waals surface area contributed by atoms with Crippen molar-refractivity contribution in [2.75, 3.05) is 12.3 Å². The average molecular weight is 300 g/mol. The molecule has 4 atom stereocenters. The van der Waals surface area contributed by atoms with E-state index < -0.39 is 47.9 Å². The molecule has 1 aliphatic heterocycles. The zero-order chi connectivity index (χ0) is 15.8. The number of hydrogen-bond donors (Lipinski definition) is 3. The predicted molar refractivity (Wildman–Crippen MR) is 67.1 cm³/mol. The minimum Gasteiger partial charge on any atom is -0.393 e. The molecular formula is C10H13FN6O4. The topological polar surface area (TPSA) is 159 Å². The first-order chi connectivity index (χ1) is 9.86. The van der Waals surface area contributed by atoms with Gasteiger partial charge in [-0.1, -0.05) is 12.0 Å². The summed E-state index contributed by atoms with van der Waals surface area (Å²) < 4.78 is 19.6. The van der Waals surface area contributed by atoms with E-state index in [1.807, 2.05) is 0 Å². The molecule has 0 aliphatic carbocycles. The number of rotatable bonds is 3. The van der Waals surface area contributed by atoms with Crippen LogP contribution in [0.1, 0.15) is 13.2 Å². The summed E-state index contributed by atoms with van der Waals surface area (Å²) in [4.78, 5) is 17.6. The molecule has 0 amide bonds. The normalized spacial score (nSPS) is 31.9. The van der Waals surface area contributed by atoms with Gasteiger partial charge in [0.1, 0.15) is 6.23 Å². The molecule has 0 aromatic carbocycles. The van der Waals surface area contributed by atoms with Gasteiger partial charge in [-0.05, 0) is 5.53 Å². The fraction of sp³-hybridized carbons (Fsp3) is 0.600. The lowest BCUT2D eigenvalue weighted by atomic mass is 9.98. The second-order valence-electron chi connectivity index (χ2n) is 4.67. The highest BCUT2D eigenvalue weighted by molar-refractivity contribution is 5.26. The van der Waals surface area contributed by atoms with Crippen LogP contribution < -0.4 is 11.4 Å². The van der Waals surface area contributed by atoms with Gasteiger partial charge < -0.3 is 20.7 Å². The van der Waals surface area contributed by atoms with Crippen LogP contribution in [0.4, 0.5) is 10.2 Å². The third-order valence-electron chi connectivity index (χ3n) is 3.38. The van der Waals surface area contributed by atoms with Gasteiger partial charge in [0, 0.05) is 10.8 Å². The zero-order valence-corrected chi connectivity index (χ0v) is 10.9. The lowest BCUT2D eigenvalue weighted by Gasteiger charge is -2.24. The van der Waals surface area contributed by atoms with Gasteiger partial charge in [-0.15, -0.1) is 0 Å². The molecule has 0 saturated carbocycles. The highest BCUT2D eigenvalue weighted by atomic mass is 19.1. The number of halogens is 1. The molecule has 2 heterocycles. The summed E-state index contributed by atoms with van der Waals surface area (Å²) in [6, 6.07) is 0. The van der Waals surface area contributed by atoms with E-state index in [2.05, 4.69) is 15.0 Å². The Bertz CT molecular complexity index is 659. The van der Waals surface area contributed by atoms with Crippen molar-refractivity contribution in [3.63, 3.8) is 0 Å². The van der Waals surface area contributed by atoms with Crippen LogP contribution in [0.5, 0.6) is 0 Å². The number of aliphatic hydroxyl groups excluding tert-OH is 2. The summed E-state index contributed by atoms with van der Waals surface area (Å²) in [5.41, 5.74) is 10.9. The van der Waals surface area contributed by atoms with Crippen molar-refractivity contribution in [1.29, 1.82) is 0 Å². The first-order valence-electron chi connectivity index (χ1n) is 5.93. The molecule has 1 aromatic heterocycles. The second kappa shape index (κ2) is 5.30. The van der Waals surface area contributed by atoms with Crippen LogP contribution in [0.25, 0.3) is 10.4 Å². The summed E-state index contributed by atoms with van der Waals surface area (Å²) in [6.45, 7) is 0.680. The fourth-order valence-electron chi connectivity index (χ4n) is 2.22. The van der Waals surface area contributed by atoms with Crippen LogP contribution in [0.15, 0.2) is 16.1 Å². The largest absolute Gasteiger partial charge is 0.393 e. The standard InChI is InChI=1S/C10H13FN6O4/c1-4-6(19)10(3-18,15-16-13)21-8(4)17-2-5(11)7(12)14-9(17)20/h2,4,6,8,18-19H,3H2,1H3,(H2,12,14,20). The Kier molecular flexibility index (Phi) is 3.83. The summed E-state index contributed by atoms with van der Waals surface area (Å²) >= 11 is 0. The summed E-state index contributed by atoms with van der Waals surface area (Å²) in [5, 5.41) is 22.7. The molecule has 1 saturated heterocycles. The summed E-state index contributed by atoms with van der Waals surface area (Å²) in [5.74, 6) is -2.28. The number of azide groups is 1. The highest BCUT2D eigenvalue weighted by Gasteiger charge is 2.53. The molecule has 21 heavy (non-hydrogen) atoms. The average Bonchev–Trinajstić information content (AvgIpc) is 2.69. The van der Waals surface area contributed by atoms with Gasteiger partial charge in [0.15, 0.2) is 17.4 Å². The van der Waals surface area contributed by atoms with Gasteiger partial charge in [0.05, 0.1) is 18.9 Å². The molecule has 11 heteroatoms. The Labute approximate surface area is 117 Å². The maximum absolute atomic E-state index is 13.5. The first kappa shape index (κ1) is 15.2. The number of nitrogens with two attached hydrogens (primary N) is 1. The van der Waals surface area contributed by atoms with Crippen molar-refractivity contribution in [3.8, 4) is 0 Å². The minimum atomic E-state index is -1.95.